The number of pyridine rings is 1. The van der Waals surface area contributed by atoms with Gasteiger partial charge in [0.1, 0.15) is 0 Å². The number of amides is 1. The molecule has 0 saturated carbocycles. The first-order valence-corrected chi connectivity index (χ1v) is 8.30. The summed E-state index contributed by atoms with van der Waals surface area (Å²) < 4.78 is 1.92. The van der Waals surface area contributed by atoms with E-state index in [2.05, 4.69) is 15.2 Å². The Bertz CT molecular complexity index is 651. The lowest BCUT2D eigenvalue weighted by Gasteiger charge is -2.19. The van der Waals surface area contributed by atoms with E-state index in [9.17, 15) is 4.79 Å². The quantitative estimate of drug-likeness (QED) is 0.807. The lowest BCUT2D eigenvalue weighted by atomic mass is 10.2. The van der Waals surface area contributed by atoms with Crippen LogP contribution in [0.5, 0.6) is 0 Å². The summed E-state index contributed by atoms with van der Waals surface area (Å²) in [4.78, 5) is 18.3. The predicted molar refractivity (Wildman–Crippen MR) is 85.4 cm³/mol. The van der Waals surface area contributed by atoms with Crippen LogP contribution < -0.4 is 0 Å². The number of hydrogen-bond donors (Lipinski definition) is 0. The molecule has 3 heterocycles. The molecule has 116 valence electrons. The van der Waals surface area contributed by atoms with Gasteiger partial charge in [-0.3, -0.25) is 9.78 Å². The highest BCUT2D eigenvalue weighted by Crippen LogP contribution is 2.26. The molecular formula is C15H19N5OS. The standard InChI is InChI=1S/C15H19N5OS/c1-11(14(21)20-9-3-4-10-20)22-15-18-17-13(19(15)2)12-5-7-16-8-6-12/h5-8,11H,3-4,9-10H2,1-2H3. The molecule has 0 N–H and O–H groups in total. The highest BCUT2D eigenvalue weighted by atomic mass is 32.2. The Kier molecular flexibility index (Phi) is 4.42. The molecule has 0 bridgehead atoms. The number of carbonyl (C=O) groups is 1. The fourth-order valence-electron chi connectivity index (χ4n) is 2.57. The number of aromatic nitrogens is 4. The third kappa shape index (κ3) is 2.99. The second-order valence-electron chi connectivity index (χ2n) is 5.39. The zero-order valence-corrected chi connectivity index (χ0v) is 13.6. The summed E-state index contributed by atoms with van der Waals surface area (Å²) in [7, 11) is 1.92. The topological polar surface area (TPSA) is 63.9 Å². The normalized spacial score (nSPS) is 16.0. The van der Waals surface area contributed by atoms with Gasteiger partial charge < -0.3 is 9.47 Å². The zero-order chi connectivity index (χ0) is 15.5. The fourth-order valence-corrected chi connectivity index (χ4v) is 3.47. The lowest BCUT2D eigenvalue weighted by molar-refractivity contribution is -0.129. The molecule has 0 aromatic carbocycles. The number of likely N-dealkylation sites (tertiary alicyclic amines) is 1. The van der Waals surface area contributed by atoms with Crippen molar-refractivity contribution in [2.45, 2.75) is 30.2 Å². The van der Waals surface area contributed by atoms with Crippen molar-refractivity contribution in [1.82, 2.24) is 24.6 Å². The van der Waals surface area contributed by atoms with E-state index in [1.54, 1.807) is 12.4 Å². The zero-order valence-electron chi connectivity index (χ0n) is 12.8. The van der Waals surface area contributed by atoms with Crippen molar-refractivity contribution in [2.75, 3.05) is 13.1 Å². The summed E-state index contributed by atoms with van der Waals surface area (Å²) >= 11 is 1.46. The van der Waals surface area contributed by atoms with Gasteiger partial charge in [0.2, 0.25) is 5.91 Å². The Morgan fingerprint density at radius 1 is 1.23 bits per heavy atom. The molecule has 1 amide bonds. The molecule has 2 aromatic rings. The van der Waals surface area contributed by atoms with Crippen LogP contribution in [0.3, 0.4) is 0 Å². The van der Waals surface area contributed by atoms with Crippen LogP contribution in [0.15, 0.2) is 29.7 Å². The van der Waals surface area contributed by atoms with Crippen LogP contribution in [-0.4, -0.2) is 48.9 Å². The second-order valence-corrected chi connectivity index (χ2v) is 6.70. The molecule has 6 nitrogen and oxygen atoms in total. The second kappa shape index (κ2) is 6.48. The minimum Gasteiger partial charge on any atom is -0.342 e. The summed E-state index contributed by atoms with van der Waals surface area (Å²) in [6.07, 6.45) is 5.69. The highest BCUT2D eigenvalue weighted by Gasteiger charge is 2.25. The van der Waals surface area contributed by atoms with E-state index in [1.165, 1.54) is 11.8 Å². The Morgan fingerprint density at radius 2 is 1.91 bits per heavy atom. The Hall–Kier alpha value is -1.89. The maximum Gasteiger partial charge on any atom is 0.235 e. The van der Waals surface area contributed by atoms with Gasteiger partial charge in [-0.2, -0.15) is 0 Å². The van der Waals surface area contributed by atoms with Crippen LogP contribution in [-0.2, 0) is 11.8 Å². The minimum atomic E-state index is -0.147. The van der Waals surface area contributed by atoms with Gasteiger partial charge >= 0.3 is 0 Å². The van der Waals surface area contributed by atoms with E-state index < -0.39 is 0 Å². The summed E-state index contributed by atoms with van der Waals surface area (Å²) in [5.74, 6) is 0.974. The van der Waals surface area contributed by atoms with Gasteiger partial charge in [0, 0.05) is 38.1 Å². The predicted octanol–water partition coefficient (Wildman–Crippen LogP) is 1.98. The molecule has 3 rings (SSSR count). The molecule has 1 aliphatic rings. The van der Waals surface area contributed by atoms with Gasteiger partial charge in [-0.25, -0.2) is 0 Å². The largest absolute Gasteiger partial charge is 0.342 e. The maximum atomic E-state index is 12.4. The lowest BCUT2D eigenvalue weighted by Crippen LogP contribution is -2.34. The molecule has 1 saturated heterocycles. The van der Waals surface area contributed by atoms with Crippen molar-refractivity contribution < 1.29 is 4.79 Å². The first-order chi connectivity index (χ1) is 10.7. The molecule has 1 atom stereocenters. The van der Waals surface area contributed by atoms with Crippen LogP contribution in [0.25, 0.3) is 11.4 Å². The first-order valence-electron chi connectivity index (χ1n) is 7.42. The molecule has 2 aromatic heterocycles. The van der Waals surface area contributed by atoms with Gasteiger partial charge in [-0.05, 0) is 31.9 Å². The van der Waals surface area contributed by atoms with E-state index in [-0.39, 0.29) is 11.2 Å². The van der Waals surface area contributed by atoms with Crippen LogP contribution in [0.4, 0.5) is 0 Å². The van der Waals surface area contributed by atoms with Gasteiger partial charge in [-0.15, -0.1) is 10.2 Å². The molecule has 1 fully saturated rings. The van der Waals surface area contributed by atoms with E-state index in [0.717, 1.165) is 42.5 Å². The third-order valence-electron chi connectivity index (χ3n) is 3.82. The van der Waals surface area contributed by atoms with E-state index in [1.807, 2.05) is 35.6 Å². The number of rotatable bonds is 4. The van der Waals surface area contributed by atoms with Crippen molar-refractivity contribution in [3.8, 4) is 11.4 Å². The van der Waals surface area contributed by atoms with Crippen molar-refractivity contribution in [3.63, 3.8) is 0 Å². The van der Waals surface area contributed by atoms with E-state index in [4.69, 9.17) is 0 Å². The average Bonchev–Trinajstić information content (AvgIpc) is 3.18. The van der Waals surface area contributed by atoms with E-state index in [0.29, 0.717) is 0 Å². The van der Waals surface area contributed by atoms with Gasteiger partial charge in [0.25, 0.3) is 0 Å². The summed E-state index contributed by atoms with van der Waals surface area (Å²) in [5.41, 5.74) is 0.968. The maximum absolute atomic E-state index is 12.4. The monoisotopic (exact) mass is 317 g/mol. The smallest absolute Gasteiger partial charge is 0.235 e. The summed E-state index contributed by atoms with van der Waals surface area (Å²) in [6.45, 7) is 3.70. The van der Waals surface area contributed by atoms with Gasteiger partial charge in [0.05, 0.1) is 5.25 Å². The van der Waals surface area contributed by atoms with Crippen molar-refractivity contribution in [1.29, 1.82) is 0 Å². The third-order valence-corrected chi connectivity index (χ3v) is 4.94. The van der Waals surface area contributed by atoms with Crippen molar-refractivity contribution in [2.24, 2.45) is 7.05 Å². The average molecular weight is 317 g/mol. The van der Waals surface area contributed by atoms with Crippen molar-refractivity contribution >= 4 is 17.7 Å². The molecule has 22 heavy (non-hydrogen) atoms. The van der Waals surface area contributed by atoms with Crippen LogP contribution >= 0.6 is 11.8 Å². The number of nitrogens with zero attached hydrogens (tertiary/aromatic N) is 5. The SMILES string of the molecule is CC(Sc1nnc(-c2ccncc2)n1C)C(=O)N1CCCC1. The Labute approximate surface area is 133 Å². The number of hydrogen-bond acceptors (Lipinski definition) is 5. The van der Waals surface area contributed by atoms with Gasteiger partial charge in [0.15, 0.2) is 11.0 Å². The molecule has 1 unspecified atom stereocenters. The van der Waals surface area contributed by atoms with E-state index >= 15 is 0 Å². The fraction of sp³-hybridized carbons (Fsp3) is 0.467. The highest BCUT2D eigenvalue weighted by molar-refractivity contribution is 8.00. The molecule has 0 aliphatic carbocycles. The van der Waals surface area contributed by atoms with Crippen LogP contribution in [0.1, 0.15) is 19.8 Å². The number of thioether (sulfide) groups is 1. The summed E-state index contributed by atoms with van der Waals surface area (Å²) in [6, 6.07) is 3.80. The Balaban J connectivity index is 1.73. The van der Waals surface area contributed by atoms with Crippen LogP contribution in [0.2, 0.25) is 0 Å². The molecule has 0 radical (unpaired) electrons. The molecule has 7 heteroatoms. The van der Waals surface area contributed by atoms with Crippen molar-refractivity contribution in [3.05, 3.63) is 24.5 Å². The number of carbonyl (C=O) groups excluding carboxylic acids is 1. The van der Waals surface area contributed by atoms with Crippen LogP contribution in [0, 0.1) is 0 Å². The molecular weight excluding hydrogens is 298 g/mol. The minimum absolute atomic E-state index is 0.147. The summed E-state index contributed by atoms with van der Waals surface area (Å²) in [5, 5.41) is 9.07. The molecule has 1 aliphatic heterocycles. The molecule has 0 spiro atoms. The van der Waals surface area contributed by atoms with Gasteiger partial charge in [-0.1, -0.05) is 11.8 Å². The first kappa shape index (κ1) is 15.0. The Morgan fingerprint density at radius 3 is 2.59 bits per heavy atom.